The lowest BCUT2D eigenvalue weighted by Gasteiger charge is -2.35. The fourth-order valence-corrected chi connectivity index (χ4v) is 3.86. The molecule has 2 fully saturated rings. The molecule has 5 heteroatoms. The van der Waals surface area contributed by atoms with Gasteiger partial charge in [0.05, 0.1) is 0 Å². The van der Waals surface area contributed by atoms with Gasteiger partial charge in [0.15, 0.2) is 6.23 Å². The highest BCUT2D eigenvalue weighted by Gasteiger charge is 2.50. The zero-order valence-electron chi connectivity index (χ0n) is 13.1. The molecule has 120 valence electrons. The summed E-state index contributed by atoms with van der Waals surface area (Å²) in [6, 6.07) is 7.50. The Morgan fingerprint density at radius 2 is 2.13 bits per heavy atom. The van der Waals surface area contributed by atoms with E-state index in [1.54, 1.807) is 4.90 Å². The van der Waals surface area contributed by atoms with Crippen molar-refractivity contribution in [1.82, 2.24) is 9.88 Å². The van der Waals surface area contributed by atoms with E-state index in [2.05, 4.69) is 11.9 Å². The first-order valence-corrected chi connectivity index (χ1v) is 8.25. The zero-order chi connectivity index (χ0) is 16.0. The molecular formula is C18H20N2O3. The number of aromatic amines is 1. The van der Waals surface area contributed by atoms with Crippen LogP contribution in [0.3, 0.4) is 0 Å². The molecule has 1 aromatic carbocycles. The van der Waals surface area contributed by atoms with Gasteiger partial charge in [-0.2, -0.15) is 0 Å². The second-order valence-electron chi connectivity index (χ2n) is 6.41. The molecule has 2 aliphatic heterocycles. The fraction of sp³-hybridized carbons (Fsp3) is 0.444. The standard InChI is InChI=1S/C18H20N2O3/c1-2-11-7-8-16(21)20-15(18(22)23-17(11)20)9-12-10-19-14-6-4-3-5-13(12)14/h3-6,10-11,15,17,19H,2,7-9H2,1H3/t11-,15+,17+/m1/s1. The number of para-hydroxylation sites is 1. The number of amides is 1. The number of nitrogens with one attached hydrogen (secondary N) is 1. The van der Waals surface area contributed by atoms with Gasteiger partial charge >= 0.3 is 5.97 Å². The van der Waals surface area contributed by atoms with Gasteiger partial charge in [0.1, 0.15) is 6.04 Å². The number of H-pyrrole nitrogens is 1. The first-order chi connectivity index (χ1) is 11.2. The molecule has 1 amide bonds. The summed E-state index contributed by atoms with van der Waals surface area (Å²) in [5, 5.41) is 1.10. The number of fused-ring (bicyclic) bond motifs is 2. The summed E-state index contributed by atoms with van der Waals surface area (Å²) >= 11 is 0. The molecule has 3 heterocycles. The molecule has 5 nitrogen and oxygen atoms in total. The van der Waals surface area contributed by atoms with Crippen molar-refractivity contribution in [1.29, 1.82) is 0 Å². The Kier molecular flexibility index (Phi) is 3.36. The van der Waals surface area contributed by atoms with Gasteiger partial charge in [0.2, 0.25) is 5.91 Å². The molecule has 1 aromatic heterocycles. The molecule has 3 atom stereocenters. The number of ether oxygens (including phenoxy) is 1. The first-order valence-electron chi connectivity index (χ1n) is 8.25. The Labute approximate surface area is 134 Å². The molecule has 2 saturated heterocycles. The summed E-state index contributed by atoms with van der Waals surface area (Å²) in [5.41, 5.74) is 2.09. The van der Waals surface area contributed by atoms with Crippen LogP contribution >= 0.6 is 0 Å². The van der Waals surface area contributed by atoms with E-state index in [4.69, 9.17) is 4.74 Å². The molecule has 0 spiro atoms. The predicted molar refractivity (Wildman–Crippen MR) is 85.5 cm³/mol. The van der Waals surface area contributed by atoms with Crippen molar-refractivity contribution in [3.05, 3.63) is 36.0 Å². The molecule has 0 aliphatic carbocycles. The van der Waals surface area contributed by atoms with Crippen molar-refractivity contribution in [2.45, 2.75) is 44.9 Å². The Morgan fingerprint density at radius 1 is 1.30 bits per heavy atom. The number of piperidine rings is 1. The van der Waals surface area contributed by atoms with Crippen LogP contribution < -0.4 is 0 Å². The maximum absolute atomic E-state index is 12.4. The number of hydrogen-bond acceptors (Lipinski definition) is 3. The van der Waals surface area contributed by atoms with Gasteiger partial charge in [-0.3, -0.25) is 9.69 Å². The minimum absolute atomic E-state index is 0.0374. The number of nitrogens with zero attached hydrogens (tertiary/aromatic N) is 1. The van der Waals surface area contributed by atoms with E-state index >= 15 is 0 Å². The van der Waals surface area contributed by atoms with Crippen molar-refractivity contribution >= 4 is 22.8 Å². The number of aromatic nitrogens is 1. The van der Waals surface area contributed by atoms with Crippen LogP contribution in [0.5, 0.6) is 0 Å². The Morgan fingerprint density at radius 3 is 2.96 bits per heavy atom. The molecule has 0 saturated carbocycles. The second-order valence-corrected chi connectivity index (χ2v) is 6.41. The summed E-state index contributed by atoms with van der Waals surface area (Å²) in [5.74, 6) is 0.0222. The first kappa shape index (κ1) is 14.3. The van der Waals surface area contributed by atoms with Crippen molar-refractivity contribution in [3.63, 3.8) is 0 Å². The number of benzene rings is 1. The van der Waals surface area contributed by atoms with Crippen LogP contribution in [0, 0.1) is 5.92 Å². The highest BCUT2D eigenvalue weighted by molar-refractivity contribution is 5.89. The van der Waals surface area contributed by atoms with Gasteiger partial charge in [-0.1, -0.05) is 25.1 Å². The van der Waals surface area contributed by atoms with Gasteiger partial charge in [0.25, 0.3) is 0 Å². The summed E-state index contributed by atoms with van der Waals surface area (Å²) in [6.07, 6.45) is 4.30. The number of carbonyl (C=O) groups is 2. The van der Waals surface area contributed by atoms with Crippen LogP contribution in [-0.2, 0) is 20.7 Å². The van der Waals surface area contributed by atoms with Gasteiger partial charge < -0.3 is 9.72 Å². The van der Waals surface area contributed by atoms with E-state index in [0.717, 1.165) is 29.3 Å². The second kappa shape index (κ2) is 5.41. The zero-order valence-corrected chi connectivity index (χ0v) is 13.1. The molecule has 0 bridgehead atoms. The molecular weight excluding hydrogens is 292 g/mol. The average Bonchev–Trinajstić information content (AvgIpc) is 3.11. The lowest BCUT2D eigenvalue weighted by atomic mass is 9.92. The SMILES string of the molecule is CC[C@@H]1CCC(=O)N2[C@@H](Cc3c[nH]c4ccccc34)C(=O)O[C@@H]12. The fourth-order valence-electron chi connectivity index (χ4n) is 3.86. The van der Waals surface area contributed by atoms with Gasteiger partial charge in [-0.05, 0) is 24.5 Å². The third-order valence-corrected chi connectivity index (χ3v) is 5.15. The monoisotopic (exact) mass is 312 g/mol. The smallest absolute Gasteiger partial charge is 0.331 e. The van der Waals surface area contributed by atoms with E-state index in [9.17, 15) is 9.59 Å². The van der Waals surface area contributed by atoms with Crippen molar-refractivity contribution in [3.8, 4) is 0 Å². The normalized spacial score (nSPS) is 27.3. The maximum atomic E-state index is 12.4. The minimum Gasteiger partial charge on any atom is -0.440 e. The van der Waals surface area contributed by atoms with Crippen molar-refractivity contribution in [2.24, 2.45) is 5.92 Å². The Hall–Kier alpha value is -2.30. The van der Waals surface area contributed by atoms with E-state index in [1.165, 1.54) is 0 Å². The molecule has 23 heavy (non-hydrogen) atoms. The minimum atomic E-state index is -0.499. The lowest BCUT2D eigenvalue weighted by Crippen LogP contribution is -2.49. The van der Waals surface area contributed by atoms with Gasteiger partial charge in [-0.15, -0.1) is 0 Å². The van der Waals surface area contributed by atoms with Crippen molar-refractivity contribution in [2.75, 3.05) is 0 Å². The van der Waals surface area contributed by atoms with Crippen LogP contribution in [0.2, 0.25) is 0 Å². The predicted octanol–water partition coefficient (Wildman–Crippen LogP) is 2.61. The van der Waals surface area contributed by atoms with E-state index < -0.39 is 6.04 Å². The van der Waals surface area contributed by atoms with E-state index in [-0.39, 0.29) is 24.0 Å². The van der Waals surface area contributed by atoms with E-state index in [0.29, 0.717) is 12.8 Å². The molecule has 0 radical (unpaired) electrons. The molecule has 4 rings (SSSR count). The molecule has 2 aliphatic rings. The molecule has 1 N–H and O–H groups in total. The topological polar surface area (TPSA) is 62.4 Å². The number of carbonyl (C=O) groups excluding carboxylic acids is 2. The average molecular weight is 312 g/mol. The van der Waals surface area contributed by atoms with Gasteiger partial charge in [0, 0.05) is 35.9 Å². The lowest BCUT2D eigenvalue weighted by molar-refractivity contribution is -0.152. The van der Waals surface area contributed by atoms with E-state index in [1.807, 2.05) is 30.5 Å². The number of esters is 1. The summed E-state index contributed by atoms with van der Waals surface area (Å²) < 4.78 is 5.57. The largest absolute Gasteiger partial charge is 0.440 e. The third kappa shape index (κ3) is 2.22. The van der Waals surface area contributed by atoms with Crippen molar-refractivity contribution < 1.29 is 14.3 Å². The highest BCUT2D eigenvalue weighted by atomic mass is 16.6. The summed E-state index contributed by atoms with van der Waals surface area (Å²) in [4.78, 5) is 29.7. The van der Waals surface area contributed by atoms with Gasteiger partial charge in [-0.25, -0.2) is 4.79 Å². The summed E-state index contributed by atoms with van der Waals surface area (Å²) in [6.45, 7) is 2.08. The van der Waals surface area contributed by atoms with Crippen LogP contribution in [0.15, 0.2) is 30.5 Å². The quantitative estimate of drug-likeness (QED) is 0.886. The van der Waals surface area contributed by atoms with Crippen LogP contribution in [0.25, 0.3) is 10.9 Å². The Balaban J connectivity index is 1.65. The number of hydrogen-bond donors (Lipinski definition) is 1. The third-order valence-electron chi connectivity index (χ3n) is 5.15. The Bertz CT molecular complexity index is 766. The number of rotatable bonds is 3. The van der Waals surface area contributed by atoms with Crippen LogP contribution in [0.4, 0.5) is 0 Å². The summed E-state index contributed by atoms with van der Waals surface area (Å²) in [7, 11) is 0. The maximum Gasteiger partial charge on any atom is 0.331 e. The molecule has 2 aromatic rings. The van der Waals surface area contributed by atoms with Crippen LogP contribution in [0.1, 0.15) is 31.7 Å². The molecule has 0 unspecified atom stereocenters. The highest BCUT2D eigenvalue weighted by Crippen LogP contribution is 2.36. The van der Waals surface area contributed by atoms with Crippen LogP contribution in [-0.4, -0.2) is 34.0 Å².